The van der Waals surface area contributed by atoms with Crippen molar-refractivity contribution in [3.05, 3.63) is 21.9 Å². The van der Waals surface area contributed by atoms with Gasteiger partial charge in [-0.05, 0) is 30.9 Å². The molecule has 1 heterocycles. The molecular weight excluding hydrogens is 184 g/mol. The van der Waals surface area contributed by atoms with Gasteiger partial charge in [-0.2, -0.15) is 0 Å². The van der Waals surface area contributed by atoms with Crippen LogP contribution in [0.1, 0.15) is 22.2 Å². The van der Waals surface area contributed by atoms with Crippen LogP contribution in [0.4, 0.5) is 0 Å². The van der Waals surface area contributed by atoms with Crippen molar-refractivity contribution >= 4 is 17.2 Å². The molecule has 0 saturated heterocycles. The van der Waals surface area contributed by atoms with E-state index in [2.05, 4.69) is 5.32 Å². The smallest absolute Gasteiger partial charge is 0.261 e. The van der Waals surface area contributed by atoms with Crippen LogP contribution >= 0.6 is 11.3 Å². The predicted octanol–water partition coefficient (Wildman–Crippen LogP) is 1.13. The van der Waals surface area contributed by atoms with E-state index < -0.39 is 0 Å². The Bertz CT molecular complexity index is 294. The number of carbonyl (C=O) groups excluding carboxylic acids is 1. The fourth-order valence-corrected chi connectivity index (χ4v) is 1.71. The summed E-state index contributed by atoms with van der Waals surface area (Å²) in [5, 5.41) is 4.72. The van der Waals surface area contributed by atoms with Crippen molar-refractivity contribution in [2.75, 3.05) is 6.54 Å². The molecule has 0 saturated carbocycles. The van der Waals surface area contributed by atoms with Crippen molar-refractivity contribution in [1.82, 2.24) is 5.32 Å². The number of thiophene rings is 1. The average molecular weight is 198 g/mol. The minimum absolute atomic E-state index is 0.00464. The van der Waals surface area contributed by atoms with Gasteiger partial charge in [0, 0.05) is 12.6 Å². The van der Waals surface area contributed by atoms with E-state index >= 15 is 0 Å². The van der Waals surface area contributed by atoms with Crippen molar-refractivity contribution in [3.8, 4) is 0 Å². The Morgan fingerprint density at radius 1 is 1.77 bits per heavy atom. The van der Waals surface area contributed by atoms with Crippen LogP contribution in [0.5, 0.6) is 0 Å². The molecule has 4 heteroatoms. The maximum Gasteiger partial charge on any atom is 0.261 e. The number of carbonyl (C=O) groups is 1. The van der Waals surface area contributed by atoms with E-state index in [1.807, 2.05) is 25.3 Å². The highest BCUT2D eigenvalue weighted by atomic mass is 32.1. The molecule has 1 rings (SSSR count). The predicted molar refractivity (Wildman–Crippen MR) is 55.0 cm³/mol. The Hall–Kier alpha value is -0.870. The highest BCUT2D eigenvalue weighted by molar-refractivity contribution is 7.12. The van der Waals surface area contributed by atoms with E-state index in [9.17, 15) is 4.79 Å². The highest BCUT2D eigenvalue weighted by Crippen LogP contribution is 2.12. The van der Waals surface area contributed by atoms with E-state index in [1.54, 1.807) is 0 Å². The summed E-state index contributed by atoms with van der Waals surface area (Å²) in [5.41, 5.74) is 6.63. The van der Waals surface area contributed by atoms with Crippen LogP contribution in [-0.4, -0.2) is 18.5 Å². The van der Waals surface area contributed by atoms with Crippen LogP contribution in [0.3, 0.4) is 0 Å². The zero-order valence-corrected chi connectivity index (χ0v) is 8.65. The average Bonchev–Trinajstić information content (AvgIpc) is 2.47. The van der Waals surface area contributed by atoms with Gasteiger partial charge in [0.2, 0.25) is 0 Å². The Kier molecular flexibility index (Phi) is 3.45. The molecule has 0 spiro atoms. The molecule has 1 aromatic rings. The minimum Gasteiger partial charge on any atom is -0.350 e. The van der Waals surface area contributed by atoms with Gasteiger partial charge in [-0.15, -0.1) is 11.3 Å². The Morgan fingerprint density at radius 2 is 2.46 bits per heavy atom. The zero-order valence-electron chi connectivity index (χ0n) is 7.83. The van der Waals surface area contributed by atoms with Crippen LogP contribution in [0.15, 0.2) is 11.4 Å². The Labute approximate surface area is 81.9 Å². The first kappa shape index (κ1) is 10.2. The lowest BCUT2D eigenvalue weighted by Crippen LogP contribution is -2.34. The quantitative estimate of drug-likeness (QED) is 0.765. The summed E-state index contributed by atoms with van der Waals surface area (Å²) in [6, 6.07) is 1.88. The molecule has 13 heavy (non-hydrogen) atoms. The molecule has 0 aliphatic heterocycles. The molecule has 0 aliphatic rings. The molecule has 0 aliphatic carbocycles. The van der Waals surface area contributed by atoms with Gasteiger partial charge in [0.15, 0.2) is 0 Å². The zero-order chi connectivity index (χ0) is 9.84. The topological polar surface area (TPSA) is 55.1 Å². The number of amides is 1. The summed E-state index contributed by atoms with van der Waals surface area (Å²) in [6.07, 6.45) is 0. The SMILES string of the molecule is Cc1csc(C(=O)NCC(C)N)c1. The van der Waals surface area contributed by atoms with Crippen LogP contribution in [0.2, 0.25) is 0 Å². The summed E-state index contributed by atoms with van der Waals surface area (Å²) in [5.74, 6) is -0.0320. The fraction of sp³-hybridized carbons (Fsp3) is 0.444. The molecule has 0 radical (unpaired) electrons. The maximum absolute atomic E-state index is 11.4. The van der Waals surface area contributed by atoms with E-state index in [0.717, 1.165) is 10.4 Å². The first-order chi connectivity index (χ1) is 6.09. The van der Waals surface area contributed by atoms with Crippen molar-refractivity contribution in [1.29, 1.82) is 0 Å². The Morgan fingerprint density at radius 3 is 2.92 bits per heavy atom. The van der Waals surface area contributed by atoms with Gasteiger partial charge in [0.25, 0.3) is 5.91 Å². The third-order valence-corrected chi connectivity index (χ3v) is 2.59. The molecule has 1 atom stereocenters. The number of nitrogens with two attached hydrogens (primary N) is 1. The molecule has 1 aromatic heterocycles. The van der Waals surface area contributed by atoms with Gasteiger partial charge >= 0.3 is 0 Å². The molecule has 3 N–H and O–H groups in total. The van der Waals surface area contributed by atoms with Gasteiger partial charge in [-0.25, -0.2) is 0 Å². The molecule has 1 unspecified atom stereocenters. The normalized spacial score (nSPS) is 12.5. The van der Waals surface area contributed by atoms with E-state index in [-0.39, 0.29) is 11.9 Å². The molecule has 0 bridgehead atoms. The largest absolute Gasteiger partial charge is 0.350 e. The third kappa shape index (κ3) is 3.16. The van der Waals surface area contributed by atoms with E-state index in [1.165, 1.54) is 11.3 Å². The fourth-order valence-electron chi connectivity index (χ4n) is 0.891. The maximum atomic E-state index is 11.4. The highest BCUT2D eigenvalue weighted by Gasteiger charge is 2.07. The molecular formula is C9H14N2OS. The van der Waals surface area contributed by atoms with Crippen molar-refractivity contribution in [2.45, 2.75) is 19.9 Å². The van der Waals surface area contributed by atoms with Crippen LogP contribution in [-0.2, 0) is 0 Å². The Balaban J connectivity index is 2.49. The number of aryl methyl sites for hydroxylation is 1. The molecule has 72 valence electrons. The van der Waals surface area contributed by atoms with Crippen LogP contribution in [0, 0.1) is 6.92 Å². The minimum atomic E-state index is -0.0320. The van der Waals surface area contributed by atoms with Crippen LogP contribution < -0.4 is 11.1 Å². The first-order valence-electron chi connectivity index (χ1n) is 4.18. The molecule has 1 amide bonds. The number of nitrogens with one attached hydrogen (secondary N) is 1. The van der Waals surface area contributed by atoms with Crippen LogP contribution in [0.25, 0.3) is 0 Å². The lowest BCUT2D eigenvalue weighted by Gasteiger charge is -2.05. The van der Waals surface area contributed by atoms with Crippen molar-refractivity contribution in [2.24, 2.45) is 5.73 Å². The summed E-state index contributed by atoms with van der Waals surface area (Å²) >= 11 is 1.46. The lowest BCUT2D eigenvalue weighted by molar-refractivity contribution is 0.0955. The van der Waals surface area contributed by atoms with E-state index in [4.69, 9.17) is 5.73 Å². The van der Waals surface area contributed by atoms with Gasteiger partial charge in [0.05, 0.1) is 4.88 Å². The van der Waals surface area contributed by atoms with Gasteiger partial charge in [0.1, 0.15) is 0 Å². The molecule has 0 fully saturated rings. The van der Waals surface area contributed by atoms with Crippen molar-refractivity contribution < 1.29 is 4.79 Å². The molecule has 0 aromatic carbocycles. The summed E-state index contributed by atoms with van der Waals surface area (Å²) in [6.45, 7) is 4.36. The van der Waals surface area contributed by atoms with Gasteiger partial charge in [-0.1, -0.05) is 0 Å². The second-order valence-corrected chi connectivity index (χ2v) is 4.09. The molecule has 3 nitrogen and oxygen atoms in total. The number of rotatable bonds is 3. The van der Waals surface area contributed by atoms with Gasteiger partial charge < -0.3 is 11.1 Å². The van der Waals surface area contributed by atoms with E-state index in [0.29, 0.717) is 6.54 Å². The number of hydrogen-bond donors (Lipinski definition) is 2. The number of hydrogen-bond acceptors (Lipinski definition) is 3. The van der Waals surface area contributed by atoms with Gasteiger partial charge in [-0.3, -0.25) is 4.79 Å². The lowest BCUT2D eigenvalue weighted by atomic mass is 10.3. The summed E-state index contributed by atoms with van der Waals surface area (Å²) < 4.78 is 0. The summed E-state index contributed by atoms with van der Waals surface area (Å²) in [7, 11) is 0. The second kappa shape index (κ2) is 4.39. The monoisotopic (exact) mass is 198 g/mol. The third-order valence-electron chi connectivity index (χ3n) is 1.54. The standard InChI is InChI=1S/C9H14N2OS/c1-6-3-8(13-5-6)9(12)11-4-7(2)10/h3,5,7H,4,10H2,1-2H3,(H,11,12). The second-order valence-electron chi connectivity index (χ2n) is 3.18. The van der Waals surface area contributed by atoms with Crippen molar-refractivity contribution in [3.63, 3.8) is 0 Å². The first-order valence-corrected chi connectivity index (χ1v) is 5.06. The summed E-state index contributed by atoms with van der Waals surface area (Å²) in [4.78, 5) is 12.2.